The van der Waals surface area contributed by atoms with Gasteiger partial charge in [0.25, 0.3) is 5.91 Å². The number of hydrogen-bond acceptors (Lipinski definition) is 3. The number of ether oxygens (including phenoxy) is 1. The second-order valence-electron chi connectivity index (χ2n) is 4.98. The van der Waals surface area contributed by atoms with Crippen LogP contribution in [0.2, 0.25) is 0 Å². The topological polar surface area (TPSA) is 67.4 Å². The van der Waals surface area contributed by atoms with Crippen molar-refractivity contribution in [1.82, 2.24) is 10.9 Å². The van der Waals surface area contributed by atoms with Crippen LogP contribution in [-0.4, -0.2) is 24.6 Å². The Morgan fingerprint density at radius 1 is 1.23 bits per heavy atom. The van der Waals surface area contributed by atoms with Gasteiger partial charge in [0, 0.05) is 0 Å². The van der Waals surface area contributed by atoms with Crippen molar-refractivity contribution in [2.24, 2.45) is 0 Å². The highest BCUT2D eigenvalue weighted by Gasteiger charge is 2.38. The SMILES string of the molecule is Cc1ccc(C(C)C)c(OCC(=O)NNC(=O)C(F)(F)F)c1. The molecule has 0 aliphatic carbocycles. The van der Waals surface area contributed by atoms with Crippen molar-refractivity contribution >= 4 is 11.8 Å². The molecular formula is C14H17F3N2O3. The van der Waals surface area contributed by atoms with E-state index in [-0.39, 0.29) is 5.92 Å². The van der Waals surface area contributed by atoms with Crippen molar-refractivity contribution in [3.8, 4) is 5.75 Å². The number of amides is 2. The van der Waals surface area contributed by atoms with Crippen molar-refractivity contribution in [2.45, 2.75) is 32.9 Å². The minimum atomic E-state index is -5.06. The van der Waals surface area contributed by atoms with Gasteiger partial charge in [-0.25, -0.2) is 0 Å². The Labute approximate surface area is 125 Å². The van der Waals surface area contributed by atoms with Gasteiger partial charge in [-0.2, -0.15) is 13.2 Å². The van der Waals surface area contributed by atoms with Gasteiger partial charge in [0.2, 0.25) is 0 Å². The fourth-order valence-corrected chi connectivity index (χ4v) is 1.62. The van der Waals surface area contributed by atoms with Crippen LogP contribution >= 0.6 is 0 Å². The molecule has 0 saturated carbocycles. The molecule has 0 heterocycles. The van der Waals surface area contributed by atoms with E-state index in [1.165, 1.54) is 5.43 Å². The van der Waals surface area contributed by atoms with E-state index < -0.39 is 24.6 Å². The molecule has 22 heavy (non-hydrogen) atoms. The summed E-state index contributed by atoms with van der Waals surface area (Å²) in [7, 11) is 0. The summed E-state index contributed by atoms with van der Waals surface area (Å²) in [6.07, 6.45) is -5.06. The third kappa shape index (κ3) is 5.27. The minimum Gasteiger partial charge on any atom is -0.483 e. The number of aryl methyl sites for hydroxylation is 1. The zero-order chi connectivity index (χ0) is 16.9. The molecule has 0 saturated heterocycles. The predicted octanol–water partition coefficient (Wildman–Crippen LogP) is 2.21. The average molecular weight is 318 g/mol. The molecule has 0 aliphatic rings. The average Bonchev–Trinajstić information content (AvgIpc) is 2.41. The van der Waals surface area contributed by atoms with Gasteiger partial charge in [0.15, 0.2) is 6.61 Å². The zero-order valence-electron chi connectivity index (χ0n) is 12.4. The Hall–Kier alpha value is -2.25. The van der Waals surface area contributed by atoms with Crippen LogP contribution in [0.4, 0.5) is 13.2 Å². The first-order valence-electron chi connectivity index (χ1n) is 6.50. The summed E-state index contributed by atoms with van der Waals surface area (Å²) < 4.78 is 41.1. The zero-order valence-corrected chi connectivity index (χ0v) is 12.4. The van der Waals surface area contributed by atoms with Crippen molar-refractivity contribution in [1.29, 1.82) is 0 Å². The summed E-state index contributed by atoms with van der Waals surface area (Å²) in [5.41, 5.74) is 4.70. The highest BCUT2D eigenvalue weighted by Crippen LogP contribution is 2.27. The number of rotatable bonds is 4. The lowest BCUT2D eigenvalue weighted by atomic mass is 10.0. The lowest BCUT2D eigenvalue weighted by Gasteiger charge is -2.15. The third-order valence-electron chi connectivity index (χ3n) is 2.72. The van der Waals surface area contributed by atoms with Gasteiger partial charge in [-0.15, -0.1) is 0 Å². The number of hydrazine groups is 1. The molecule has 0 aliphatic heterocycles. The standard InChI is InChI=1S/C14H17F3N2O3/c1-8(2)10-5-4-9(3)6-11(10)22-7-12(20)18-19-13(21)14(15,16)17/h4-6,8H,7H2,1-3H3,(H,18,20)(H,19,21). The van der Waals surface area contributed by atoms with Crippen LogP contribution in [0.25, 0.3) is 0 Å². The molecule has 122 valence electrons. The van der Waals surface area contributed by atoms with Crippen LogP contribution in [-0.2, 0) is 9.59 Å². The monoisotopic (exact) mass is 318 g/mol. The molecule has 8 heteroatoms. The molecule has 0 aromatic heterocycles. The maximum absolute atomic E-state index is 11.9. The normalized spacial score (nSPS) is 11.2. The summed E-state index contributed by atoms with van der Waals surface area (Å²) in [5.74, 6) is -2.51. The van der Waals surface area contributed by atoms with Crippen molar-refractivity contribution in [3.63, 3.8) is 0 Å². The number of carbonyl (C=O) groups is 2. The molecule has 0 spiro atoms. The first kappa shape index (κ1) is 17.8. The first-order chi connectivity index (χ1) is 10.1. The van der Waals surface area contributed by atoms with E-state index in [4.69, 9.17) is 4.74 Å². The molecule has 0 atom stereocenters. The van der Waals surface area contributed by atoms with E-state index in [0.29, 0.717) is 5.75 Å². The van der Waals surface area contributed by atoms with E-state index >= 15 is 0 Å². The number of hydrogen-bond donors (Lipinski definition) is 2. The molecule has 0 fully saturated rings. The van der Waals surface area contributed by atoms with Crippen LogP contribution < -0.4 is 15.6 Å². The minimum absolute atomic E-state index is 0.156. The molecule has 2 amide bonds. The summed E-state index contributed by atoms with van der Waals surface area (Å²) >= 11 is 0. The fraction of sp³-hybridized carbons (Fsp3) is 0.429. The molecular weight excluding hydrogens is 301 g/mol. The number of nitrogens with one attached hydrogen (secondary N) is 2. The van der Waals surface area contributed by atoms with E-state index in [1.807, 2.05) is 32.9 Å². The Morgan fingerprint density at radius 3 is 2.41 bits per heavy atom. The van der Waals surface area contributed by atoms with Gasteiger partial charge < -0.3 is 4.74 Å². The van der Waals surface area contributed by atoms with Gasteiger partial charge in [-0.3, -0.25) is 20.4 Å². The Bertz CT molecular complexity index is 557. The van der Waals surface area contributed by atoms with Crippen LogP contribution in [0, 0.1) is 6.92 Å². The predicted molar refractivity (Wildman–Crippen MR) is 73.1 cm³/mol. The summed E-state index contributed by atoms with van der Waals surface area (Å²) in [4.78, 5) is 21.9. The fourth-order valence-electron chi connectivity index (χ4n) is 1.62. The molecule has 0 unspecified atom stereocenters. The molecule has 1 rings (SSSR count). The Balaban J connectivity index is 2.58. The first-order valence-corrected chi connectivity index (χ1v) is 6.50. The number of halogens is 3. The second-order valence-corrected chi connectivity index (χ2v) is 4.98. The van der Waals surface area contributed by atoms with Crippen molar-refractivity contribution < 1.29 is 27.5 Å². The largest absolute Gasteiger partial charge is 0.483 e. The maximum Gasteiger partial charge on any atom is 0.472 e. The van der Waals surface area contributed by atoms with E-state index in [1.54, 1.807) is 11.5 Å². The van der Waals surface area contributed by atoms with Gasteiger partial charge in [0.1, 0.15) is 5.75 Å². The van der Waals surface area contributed by atoms with E-state index in [2.05, 4.69) is 0 Å². The number of alkyl halides is 3. The van der Waals surface area contributed by atoms with Crippen LogP contribution in [0.5, 0.6) is 5.75 Å². The molecule has 0 radical (unpaired) electrons. The Morgan fingerprint density at radius 2 is 1.86 bits per heavy atom. The number of carbonyl (C=O) groups excluding carboxylic acids is 2. The molecule has 1 aromatic carbocycles. The summed E-state index contributed by atoms with van der Waals surface area (Å²) in [6, 6.07) is 5.49. The lowest BCUT2D eigenvalue weighted by molar-refractivity contribution is -0.175. The van der Waals surface area contributed by atoms with Gasteiger partial charge in [-0.05, 0) is 30.0 Å². The number of benzene rings is 1. The highest BCUT2D eigenvalue weighted by atomic mass is 19.4. The van der Waals surface area contributed by atoms with Crippen molar-refractivity contribution in [2.75, 3.05) is 6.61 Å². The van der Waals surface area contributed by atoms with Crippen molar-refractivity contribution in [3.05, 3.63) is 29.3 Å². The molecule has 2 N–H and O–H groups in total. The third-order valence-corrected chi connectivity index (χ3v) is 2.72. The smallest absolute Gasteiger partial charge is 0.472 e. The molecule has 5 nitrogen and oxygen atoms in total. The molecule has 1 aromatic rings. The lowest BCUT2D eigenvalue weighted by Crippen LogP contribution is -2.49. The van der Waals surface area contributed by atoms with Crippen LogP contribution in [0.3, 0.4) is 0 Å². The van der Waals surface area contributed by atoms with Gasteiger partial charge >= 0.3 is 12.1 Å². The second kappa shape index (κ2) is 7.15. The quantitative estimate of drug-likeness (QED) is 0.837. The van der Waals surface area contributed by atoms with Crippen LogP contribution in [0.1, 0.15) is 30.9 Å². The maximum atomic E-state index is 11.9. The molecule has 0 bridgehead atoms. The van der Waals surface area contributed by atoms with E-state index in [0.717, 1.165) is 11.1 Å². The van der Waals surface area contributed by atoms with Gasteiger partial charge in [-0.1, -0.05) is 26.0 Å². The van der Waals surface area contributed by atoms with E-state index in [9.17, 15) is 22.8 Å². The Kier molecular flexibility index (Phi) is 5.78. The summed E-state index contributed by atoms with van der Waals surface area (Å²) in [6.45, 7) is 5.23. The van der Waals surface area contributed by atoms with Gasteiger partial charge in [0.05, 0.1) is 0 Å². The highest BCUT2D eigenvalue weighted by molar-refractivity contribution is 5.85. The van der Waals surface area contributed by atoms with Crippen LogP contribution in [0.15, 0.2) is 18.2 Å². The summed E-state index contributed by atoms with van der Waals surface area (Å²) in [5, 5.41) is 0.